The summed E-state index contributed by atoms with van der Waals surface area (Å²) >= 11 is 0. The molecule has 1 aliphatic rings. The Kier molecular flexibility index (Phi) is 9.78. The Hall–Kier alpha value is -0.0400. The second-order valence-electron chi connectivity index (χ2n) is 5.71. The van der Waals surface area contributed by atoms with Gasteiger partial charge in [0, 0.05) is 6.61 Å². The Morgan fingerprint density at radius 3 is 1.53 bits per heavy atom. The predicted octanol–water partition coefficient (Wildman–Crippen LogP) is 5.48. The van der Waals surface area contributed by atoms with Crippen LogP contribution in [0, 0.1) is 0 Å². The highest BCUT2D eigenvalue weighted by molar-refractivity contribution is 4.54. The first-order valence-electron chi connectivity index (χ1n) is 8.01. The lowest BCUT2D eigenvalue weighted by Gasteiger charge is -2.13. The van der Waals surface area contributed by atoms with E-state index in [-0.39, 0.29) is 0 Å². The van der Waals surface area contributed by atoms with Gasteiger partial charge in [0.1, 0.15) is 0 Å². The highest BCUT2D eigenvalue weighted by Gasteiger charge is 2.02. The van der Waals surface area contributed by atoms with Gasteiger partial charge in [0.25, 0.3) is 0 Å². The molecule has 1 atom stereocenters. The van der Waals surface area contributed by atoms with Crippen LogP contribution in [0.3, 0.4) is 0 Å². The van der Waals surface area contributed by atoms with Gasteiger partial charge in [-0.05, 0) is 19.8 Å². The Morgan fingerprint density at radius 2 is 1.00 bits per heavy atom. The van der Waals surface area contributed by atoms with Crippen molar-refractivity contribution in [2.24, 2.45) is 0 Å². The lowest BCUT2D eigenvalue weighted by Crippen LogP contribution is -2.09. The lowest BCUT2D eigenvalue weighted by molar-refractivity contribution is 0.0556. The van der Waals surface area contributed by atoms with E-state index in [0.29, 0.717) is 6.10 Å². The molecule has 17 heavy (non-hydrogen) atoms. The van der Waals surface area contributed by atoms with Crippen LogP contribution in [0.1, 0.15) is 90.4 Å². The molecule has 1 heterocycles. The van der Waals surface area contributed by atoms with Crippen molar-refractivity contribution in [1.82, 2.24) is 0 Å². The van der Waals surface area contributed by atoms with Gasteiger partial charge in [0.15, 0.2) is 0 Å². The summed E-state index contributed by atoms with van der Waals surface area (Å²) in [6, 6.07) is 0. The van der Waals surface area contributed by atoms with Crippen LogP contribution < -0.4 is 0 Å². The molecule has 1 rings (SSSR count). The smallest absolute Gasteiger partial charge is 0.0547 e. The average molecular weight is 240 g/mol. The molecule has 0 aliphatic carbocycles. The minimum absolute atomic E-state index is 0.489. The van der Waals surface area contributed by atoms with Crippen LogP contribution >= 0.6 is 0 Å². The molecule has 0 bridgehead atoms. The van der Waals surface area contributed by atoms with Crippen molar-refractivity contribution in [1.29, 1.82) is 0 Å². The van der Waals surface area contributed by atoms with Crippen LogP contribution in [0.15, 0.2) is 0 Å². The maximum Gasteiger partial charge on any atom is 0.0547 e. The fourth-order valence-electron chi connectivity index (χ4n) is 2.67. The van der Waals surface area contributed by atoms with E-state index in [0.717, 1.165) is 6.61 Å². The molecular weight excluding hydrogens is 208 g/mol. The van der Waals surface area contributed by atoms with Crippen LogP contribution in [0.25, 0.3) is 0 Å². The first-order valence-corrected chi connectivity index (χ1v) is 8.01. The topological polar surface area (TPSA) is 9.23 Å². The summed E-state index contributed by atoms with van der Waals surface area (Å²) in [7, 11) is 0. The summed E-state index contributed by atoms with van der Waals surface area (Å²) in [5.74, 6) is 0. The van der Waals surface area contributed by atoms with E-state index in [1.54, 1.807) is 0 Å². The number of ether oxygens (including phenoxy) is 1. The molecular formula is C16H32O. The minimum Gasteiger partial charge on any atom is -0.379 e. The molecule has 0 saturated carbocycles. The van der Waals surface area contributed by atoms with Crippen molar-refractivity contribution in [2.75, 3.05) is 6.61 Å². The SMILES string of the molecule is CC1CCCCCCCCCCCCCCO1. The summed E-state index contributed by atoms with van der Waals surface area (Å²) in [6.45, 7) is 3.23. The van der Waals surface area contributed by atoms with Gasteiger partial charge in [0.2, 0.25) is 0 Å². The molecule has 0 amide bonds. The molecule has 1 aliphatic heterocycles. The van der Waals surface area contributed by atoms with Gasteiger partial charge < -0.3 is 4.74 Å². The van der Waals surface area contributed by atoms with Crippen molar-refractivity contribution in [3.8, 4) is 0 Å². The quantitative estimate of drug-likeness (QED) is 0.545. The Bertz CT molecular complexity index is 140. The third kappa shape index (κ3) is 9.64. The van der Waals surface area contributed by atoms with Crippen molar-refractivity contribution in [2.45, 2.75) is 96.5 Å². The Labute approximate surface area is 108 Å². The Morgan fingerprint density at radius 1 is 0.588 bits per heavy atom. The van der Waals surface area contributed by atoms with Crippen molar-refractivity contribution in [3.63, 3.8) is 0 Å². The van der Waals surface area contributed by atoms with Gasteiger partial charge in [-0.3, -0.25) is 0 Å². The van der Waals surface area contributed by atoms with E-state index in [4.69, 9.17) is 4.74 Å². The van der Waals surface area contributed by atoms with E-state index in [1.165, 1.54) is 83.5 Å². The molecule has 102 valence electrons. The fraction of sp³-hybridized carbons (Fsp3) is 1.00. The van der Waals surface area contributed by atoms with Crippen LogP contribution in [-0.4, -0.2) is 12.7 Å². The molecule has 1 saturated heterocycles. The maximum atomic E-state index is 5.84. The second kappa shape index (κ2) is 11.1. The minimum atomic E-state index is 0.489. The van der Waals surface area contributed by atoms with Gasteiger partial charge >= 0.3 is 0 Å². The van der Waals surface area contributed by atoms with E-state index in [2.05, 4.69) is 6.92 Å². The predicted molar refractivity (Wildman–Crippen MR) is 75.4 cm³/mol. The monoisotopic (exact) mass is 240 g/mol. The van der Waals surface area contributed by atoms with E-state index < -0.39 is 0 Å². The van der Waals surface area contributed by atoms with Crippen LogP contribution in [0.5, 0.6) is 0 Å². The molecule has 1 nitrogen and oxygen atoms in total. The van der Waals surface area contributed by atoms with Gasteiger partial charge in [0.05, 0.1) is 6.10 Å². The third-order valence-electron chi connectivity index (χ3n) is 3.91. The summed E-state index contributed by atoms with van der Waals surface area (Å²) < 4.78 is 5.84. The summed E-state index contributed by atoms with van der Waals surface area (Å²) in [5.41, 5.74) is 0. The Balaban J connectivity index is 2.09. The third-order valence-corrected chi connectivity index (χ3v) is 3.91. The van der Waals surface area contributed by atoms with Crippen molar-refractivity contribution in [3.05, 3.63) is 0 Å². The van der Waals surface area contributed by atoms with Crippen LogP contribution in [0.4, 0.5) is 0 Å². The van der Waals surface area contributed by atoms with Crippen LogP contribution in [-0.2, 0) is 4.74 Å². The van der Waals surface area contributed by atoms with Gasteiger partial charge in [-0.15, -0.1) is 0 Å². The zero-order valence-corrected chi connectivity index (χ0v) is 11.9. The second-order valence-corrected chi connectivity index (χ2v) is 5.71. The van der Waals surface area contributed by atoms with Gasteiger partial charge in [-0.2, -0.15) is 0 Å². The highest BCUT2D eigenvalue weighted by Crippen LogP contribution is 2.14. The number of hydrogen-bond acceptors (Lipinski definition) is 1. The van der Waals surface area contributed by atoms with Gasteiger partial charge in [-0.1, -0.05) is 70.6 Å². The molecule has 1 fully saturated rings. The summed E-state index contributed by atoms with van der Waals surface area (Å²) in [4.78, 5) is 0. The number of rotatable bonds is 0. The molecule has 1 unspecified atom stereocenters. The van der Waals surface area contributed by atoms with E-state index in [1.807, 2.05) is 0 Å². The molecule has 0 radical (unpaired) electrons. The van der Waals surface area contributed by atoms with Gasteiger partial charge in [-0.25, -0.2) is 0 Å². The molecule has 0 aromatic rings. The van der Waals surface area contributed by atoms with E-state index >= 15 is 0 Å². The lowest BCUT2D eigenvalue weighted by atomic mass is 10.0. The average Bonchev–Trinajstić information content (AvgIpc) is 2.32. The maximum absolute atomic E-state index is 5.84. The first-order chi connectivity index (χ1) is 8.39. The van der Waals surface area contributed by atoms with Crippen molar-refractivity contribution >= 4 is 0 Å². The number of hydrogen-bond donors (Lipinski definition) is 0. The van der Waals surface area contributed by atoms with E-state index in [9.17, 15) is 0 Å². The molecule has 0 aromatic heterocycles. The molecule has 1 heteroatoms. The molecule has 0 N–H and O–H groups in total. The summed E-state index contributed by atoms with van der Waals surface area (Å²) in [5, 5.41) is 0. The fourth-order valence-corrected chi connectivity index (χ4v) is 2.67. The van der Waals surface area contributed by atoms with Crippen molar-refractivity contribution < 1.29 is 4.74 Å². The zero-order valence-electron chi connectivity index (χ0n) is 11.9. The largest absolute Gasteiger partial charge is 0.379 e. The summed E-state index contributed by atoms with van der Waals surface area (Å²) in [6.07, 6.45) is 18.8. The molecule has 0 spiro atoms. The highest BCUT2D eigenvalue weighted by atomic mass is 16.5. The molecule has 0 aromatic carbocycles. The normalized spacial score (nSPS) is 27.7. The van der Waals surface area contributed by atoms with Crippen LogP contribution in [0.2, 0.25) is 0 Å². The standard InChI is InChI=1S/C16H32O/c1-16-14-12-10-8-6-4-2-3-5-7-9-11-13-15-17-16/h16H,2-15H2,1H3. The first kappa shape index (κ1) is 15.0. The zero-order chi connectivity index (χ0) is 12.2.